The highest BCUT2D eigenvalue weighted by molar-refractivity contribution is 6.31. The van der Waals surface area contributed by atoms with Crippen molar-refractivity contribution in [3.05, 3.63) is 70.7 Å². The summed E-state index contributed by atoms with van der Waals surface area (Å²) in [4.78, 5) is 27.4. The van der Waals surface area contributed by atoms with E-state index in [4.69, 9.17) is 11.6 Å². The third kappa shape index (κ3) is 6.68. The Kier molecular flexibility index (Phi) is 7.64. The summed E-state index contributed by atoms with van der Waals surface area (Å²) in [5.74, 6) is -0.243. The normalized spacial score (nSPS) is 12.3. The van der Waals surface area contributed by atoms with Gasteiger partial charge in [-0.15, -0.1) is 0 Å². The van der Waals surface area contributed by atoms with Crippen molar-refractivity contribution in [3.8, 4) is 0 Å². The molecular formula is C23H29ClN2O2. The van der Waals surface area contributed by atoms with E-state index in [1.54, 1.807) is 17.9 Å². The van der Waals surface area contributed by atoms with Gasteiger partial charge in [0.2, 0.25) is 11.8 Å². The lowest BCUT2D eigenvalue weighted by atomic mass is 10.1. The zero-order valence-electron chi connectivity index (χ0n) is 17.0. The number of carbonyl (C=O) groups excluding carboxylic acids is 2. The van der Waals surface area contributed by atoms with Gasteiger partial charge in [-0.25, -0.2) is 0 Å². The molecule has 0 fully saturated rings. The first kappa shape index (κ1) is 22.0. The number of halogens is 1. The van der Waals surface area contributed by atoms with Crippen LogP contribution in [0.2, 0.25) is 5.02 Å². The van der Waals surface area contributed by atoms with Crippen molar-refractivity contribution in [2.45, 2.75) is 58.7 Å². The van der Waals surface area contributed by atoms with E-state index in [9.17, 15) is 9.59 Å². The van der Waals surface area contributed by atoms with Gasteiger partial charge >= 0.3 is 0 Å². The summed E-state index contributed by atoms with van der Waals surface area (Å²) in [6.45, 7) is 7.83. The molecule has 0 heterocycles. The van der Waals surface area contributed by atoms with Crippen molar-refractivity contribution >= 4 is 23.4 Å². The lowest BCUT2D eigenvalue weighted by Crippen LogP contribution is -2.52. The number of hydrogen-bond acceptors (Lipinski definition) is 2. The highest BCUT2D eigenvalue weighted by Crippen LogP contribution is 2.20. The second-order valence-electron chi connectivity index (χ2n) is 8.01. The van der Waals surface area contributed by atoms with E-state index in [0.717, 1.165) is 11.1 Å². The Morgan fingerprint density at radius 3 is 2.25 bits per heavy atom. The second kappa shape index (κ2) is 9.74. The van der Waals surface area contributed by atoms with Gasteiger partial charge < -0.3 is 10.2 Å². The van der Waals surface area contributed by atoms with Crippen LogP contribution in [0.3, 0.4) is 0 Å². The van der Waals surface area contributed by atoms with Gasteiger partial charge in [-0.2, -0.15) is 0 Å². The van der Waals surface area contributed by atoms with E-state index in [-0.39, 0.29) is 17.4 Å². The van der Waals surface area contributed by atoms with Crippen molar-refractivity contribution in [1.29, 1.82) is 0 Å². The SMILES string of the molecule is C[C@H](C(=O)NC(C)(C)C)N(Cc1ccccc1Cl)C(=O)CCc1ccccc1. The Hall–Kier alpha value is -2.33. The maximum absolute atomic E-state index is 13.0. The van der Waals surface area contributed by atoms with Crippen LogP contribution >= 0.6 is 11.6 Å². The van der Waals surface area contributed by atoms with Gasteiger partial charge in [0, 0.05) is 23.5 Å². The van der Waals surface area contributed by atoms with E-state index in [0.29, 0.717) is 24.4 Å². The van der Waals surface area contributed by atoms with Crippen LogP contribution < -0.4 is 5.32 Å². The van der Waals surface area contributed by atoms with Gasteiger partial charge in [0.25, 0.3) is 0 Å². The number of amides is 2. The molecule has 1 atom stereocenters. The van der Waals surface area contributed by atoms with E-state index >= 15 is 0 Å². The zero-order chi connectivity index (χ0) is 20.7. The molecule has 2 aromatic carbocycles. The first-order valence-electron chi connectivity index (χ1n) is 9.56. The standard InChI is InChI=1S/C23H29ClN2O2/c1-17(22(28)25-23(2,3)4)26(16-19-12-8-9-13-20(19)24)21(27)15-14-18-10-6-5-7-11-18/h5-13,17H,14-16H2,1-4H3,(H,25,28)/t17-/m1/s1. The minimum absolute atomic E-state index is 0.0691. The lowest BCUT2D eigenvalue weighted by molar-refractivity contribution is -0.141. The molecule has 0 saturated heterocycles. The van der Waals surface area contributed by atoms with Crippen molar-refractivity contribution in [2.75, 3.05) is 0 Å². The number of rotatable bonds is 7. The Labute approximate surface area is 172 Å². The molecule has 0 spiro atoms. The summed E-state index contributed by atoms with van der Waals surface area (Å²) in [5, 5.41) is 3.55. The van der Waals surface area contributed by atoms with Crippen LogP contribution in [0.1, 0.15) is 45.2 Å². The number of carbonyl (C=O) groups is 2. The Morgan fingerprint density at radius 2 is 1.64 bits per heavy atom. The summed E-state index contributed by atoms with van der Waals surface area (Å²) in [6, 6.07) is 16.7. The molecule has 0 aliphatic rings. The smallest absolute Gasteiger partial charge is 0.242 e. The van der Waals surface area contributed by atoms with E-state index in [1.165, 1.54) is 0 Å². The van der Waals surface area contributed by atoms with Crippen LogP contribution in [0.5, 0.6) is 0 Å². The van der Waals surface area contributed by atoms with Crippen LogP contribution in [-0.4, -0.2) is 28.3 Å². The molecule has 0 aliphatic heterocycles. The Morgan fingerprint density at radius 1 is 1.04 bits per heavy atom. The van der Waals surface area contributed by atoms with Crippen LogP contribution in [0, 0.1) is 0 Å². The summed E-state index contributed by atoms with van der Waals surface area (Å²) in [6.07, 6.45) is 0.966. The molecule has 0 radical (unpaired) electrons. The maximum atomic E-state index is 13.0. The van der Waals surface area contributed by atoms with Gasteiger partial charge in [-0.1, -0.05) is 60.1 Å². The number of benzene rings is 2. The highest BCUT2D eigenvalue weighted by Gasteiger charge is 2.28. The quantitative estimate of drug-likeness (QED) is 0.738. The minimum Gasteiger partial charge on any atom is -0.350 e. The fourth-order valence-electron chi connectivity index (χ4n) is 2.91. The molecule has 5 heteroatoms. The maximum Gasteiger partial charge on any atom is 0.242 e. The fourth-order valence-corrected chi connectivity index (χ4v) is 3.10. The zero-order valence-corrected chi connectivity index (χ0v) is 17.8. The van der Waals surface area contributed by atoms with Crippen LogP contribution in [0.25, 0.3) is 0 Å². The van der Waals surface area contributed by atoms with Crippen molar-refractivity contribution < 1.29 is 9.59 Å². The summed E-state index contributed by atoms with van der Waals surface area (Å²) in [5.41, 5.74) is 1.56. The van der Waals surface area contributed by atoms with Crippen LogP contribution in [-0.2, 0) is 22.6 Å². The Bertz CT molecular complexity index is 800. The van der Waals surface area contributed by atoms with Crippen LogP contribution in [0.15, 0.2) is 54.6 Å². The monoisotopic (exact) mass is 400 g/mol. The molecule has 0 bridgehead atoms. The Balaban J connectivity index is 2.18. The van der Waals surface area contributed by atoms with Crippen LogP contribution in [0.4, 0.5) is 0 Å². The molecule has 28 heavy (non-hydrogen) atoms. The molecule has 0 aliphatic carbocycles. The first-order valence-corrected chi connectivity index (χ1v) is 9.94. The molecule has 0 aromatic heterocycles. The highest BCUT2D eigenvalue weighted by atomic mass is 35.5. The average Bonchev–Trinajstić information content (AvgIpc) is 2.64. The predicted molar refractivity (Wildman–Crippen MR) is 114 cm³/mol. The van der Waals surface area contributed by atoms with Gasteiger partial charge in [-0.3, -0.25) is 9.59 Å². The van der Waals surface area contributed by atoms with Gasteiger partial charge in [-0.05, 0) is 51.3 Å². The van der Waals surface area contributed by atoms with Crippen molar-refractivity contribution in [1.82, 2.24) is 10.2 Å². The first-order chi connectivity index (χ1) is 13.2. The molecule has 0 saturated carbocycles. The van der Waals surface area contributed by atoms with Gasteiger partial charge in [0.1, 0.15) is 6.04 Å². The topological polar surface area (TPSA) is 49.4 Å². The number of hydrogen-bond donors (Lipinski definition) is 1. The lowest BCUT2D eigenvalue weighted by Gasteiger charge is -2.31. The summed E-state index contributed by atoms with van der Waals surface area (Å²) < 4.78 is 0. The largest absolute Gasteiger partial charge is 0.350 e. The van der Waals surface area contributed by atoms with E-state index in [2.05, 4.69) is 5.32 Å². The molecule has 1 N–H and O–H groups in total. The molecule has 0 unspecified atom stereocenters. The molecular weight excluding hydrogens is 372 g/mol. The fraction of sp³-hybridized carbons (Fsp3) is 0.391. The van der Waals surface area contributed by atoms with Gasteiger partial charge in [0.15, 0.2) is 0 Å². The average molecular weight is 401 g/mol. The molecule has 150 valence electrons. The molecule has 2 aromatic rings. The van der Waals surface area contributed by atoms with E-state index < -0.39 is 6.04 Å². The number of nitrogens with one attached hydrogen (secondary N) is 1. The van der Waals surface area contributed by atoms with Crippen molar-refractivity contribution in [2.24, 2.45) is 0 Å². The van der Waals surface area contributed by atoms with Crippen molar-refractivity contribution in [3.63, 3.8) is 0 Å². The molecule has 2 rings (SSSR count). The number of aryl methyl sites for hydroxylation is 1. The predicted octanol–water partition coefficient (Wildman–Crippen LogP) is 4.60. The molecule has 2 amide bonds. The second-order valence-corrected chi connectivity index (χ2v) is 8.42. The summed E-state index contributed by atoms with van der Waals surface area (Å²) in [7, 11) is 0. The molecule has 4 nitrogen and oxygen atoms in total. The summed E-state index contributed by atoms with van der Waals surface area (Å²) >= 11 is 6.30. The number of nitrogens with zero attached hydrogens (tertiary/aromatic N) is 1. The third-order valence-corrected chi connectivity index (χ3v) is 4.80. The van der Waals surface area contributed by atoms with E-state index in [1.807, 2.05) is 69.3 Å². The van der Waals surface area contributed by atoms with Gasteiger partial charge in [0.05, 0.1) is 0 Å². The third-order valence-electron chi connectivity index (χ3n) is 4.43. The minimum atomic E-state index is -0.598.